The van der Waals surface area contributed by atoms with Gasteiger partial charge in [0.2, 0.25) is 0 Å². The van der Waals surface area contributed by atoms with E-state index in [0.717, 1.165) is 0 Å². The summed E-state index contributed by atoms with van der Waals surface area (Å²) in [7, 11) is 0. The summed E-state index contributed by atoms with van der Waals surface area (Å²) in [5.41, 5.74) is 7.96. The number of hydrogen-bond acceptors (Lipinski definition) is 1. The molecular formula is C9H13N. The third-order valence-electron chi connectivity index (χ3n) is 1.11. The fourth-order valence-electron chi connectivity index (χ4n) is 0.676. The van der Waals surface area contributed by atoms with E-state index in [-0.39, 0.29) is 0 Å². The van der Waals surface area contributed by atoms with Crippen LogP contribution in [0.25, 0.3) is 11.1 Å². The highest BCUT2D eigenvalue weighted by atomic mass is 14.6. The van der Waals surface area contributed by atoms with Crippen LogP contribution in [0.15, 0.2) is 24.3 Å². The first kappa shape index (κ1) is 7.29. The van der Waals surface area contributed by atoms with Crippen molar-refractivity contribution in [3.63, 3.8) is 0 Å². The van der Waals surface area contributed by atoms with Crippen molar-refractivity contribution in [1.29, 1.82) is 0 Å². The lowest BCUT2D eigenvalue weighted by Crippen LogP contribution is -2.06. The van der Waals surface area contributed by atoms with Gasteiger partial charge in [0.15, 0.2) is 0 Å². The second-order valence-electron chi connectivity index (χ2n) is 2.82. The predicted octanol–water partition coefficient (Wildman–Crippen LogP) is 2.02. The van der Waals surface area contributed by atoms with Gasteiger partial charge in [0.25, 0.3) is 0 Å². The average molecular weight is 135 g/mol. The molecule has 0 unspecified atom stereocenters. The molecule has 0 fully saturated rings. The molecule has 2 aliphatic carbocycles. The predicted molar refractivity (Wildman–Crippen MR) is 44.8 cm³/mol. The SMILES string of the molecule is CC(C)N.c1cc2cc-2c1. The van der Waals surface area contributed by atoms with Gasteiger partial charge in [-0.1, -0.05) is 32.0 Å². The molecule has 54 valence electrons. The number of nitrogens with two attached hydrogens (primary N) is 1. The first-order chi connectivity index (χ1) is 4.70. The fourth-order valence-corrected chi connectivity index (χ4v) is 0.676. The molecule has 0 atom stereocenters. The van der Waals surface area contributed by atoms with Gasteiger partial charge in [-0.2, -0.15) is 0 Å². The van der Waals surface area contributed by atoms with E-state index in [1.54, 1.807) is 0 Å². The lowest BCUT2D eigenvalue weighted by Gasteiger charge is -1.81. The quantitative estimate of drug-likeness (QED) is 0.587. The molecule has 10 heavy (non-hydrogen) atoms. The van der Waals surface area contributed by atoms with E-state index in [1.165, 1.54) is 11.1 Å². The molecule has 0 aromatic heterocycles. The van der Waals surface area contributed by atoms with E-state index in [4.69, 9.17) is 5.73 Å². The summed E-state index contributed by atoms with van der Waals surface area (Å²) in [6.07, 6.45) is 0. The van der Waals surface area contributed by atoms with Gasteiger partial charge < -0.3 is 5.73 Å². The van der Waals surface area contributed by atoms with Crippen LogP contribution >= 0.6 is 0 Å². The van der Waals surface area contributed by atoms with Gasteiger partial charge in [-0.3, -0.25) is 0 Å². The van der Waals surface area contributed by atoms with E-state index in [0.29, 0.717) is 6.04 Å². The maximum atomic E-state index is 5.11. The highest BCUT2D eigenvalue weighted by Gasteiger charge is 2.06. The van der Waals surface area contributed by atoms with E-state index >= 15 is 0 Å². The molecule has 2 N–H and O–H groups in total. The summed E-state index contributed by atoms with van der Waals surface area (Å²) in [6, 6.07) is 8.81. The van der Waals surface area contributed by atoms with Crippen molar-refractivity contribution < 1.29 is 0 Å². The van der Waals surface area contributed by atoms with Crippen LogP contribution in [0, 0.1) is 0 Å². The maximum Gasteiger partial charge on any atom is -0.00179 e. The summed E-state index contributed by atoms with van der Waals surface area (Å²) < 4.78 is 0. The lowest BCUT2D eigenvalue weighted by molar-refractivity contribution is 0.834. The highest BCUT2D eigenvalue weighted by Crippen LogP contribution is 2.32. The van der Waals surface area contributed by atoms with Crippen molar-refractivity contribution in [3.05, 3.63) is 24.3 Å². The number of fused-ring (bicyclic) bond motifs is 1. The Morgan fingerprint density at radius 2 is 1.60 bits per heavy atom. The van der Waals surface area contributed by atoms with Crippen molar-refractivity contribution in [1.82, 2.24) is 0 Å². The van der Waals surface area contributed by atoms with Crippen molar-refractivity contribution in [2.24, 2.45) is 5.73 Å². The second-order valence-corrected chi connectivity index (χ2v) is 2.82. The standard InChI is InChI=1S/C6H4.C3H9N/c1-2-5-4-6(5)3-1;1-3(2)4/h1-4H;3H,4H2,1-2H3. The molecule has 0 heterocycles. The van der Waals surface area contributed by atoms with Crippen LogP contribution in [0.2, 0.25) is 0 Å². The van der Waals surface area contributed by atoms with Crippen LogP contribution in [-0.4, -0.2) is 6.04 Å². The largest absolute Gasteiger partial charge is 0.328 e. The zero-order valence-electron chi connectivity index (χ0n) is 6.46. The fraction of sp³-hybridized carbons (Fsp3) is 0.333. The molecule has 0 spiro atoms. The van der Waals surface area contributed by atoms with Crippen LogP contribution < -0.4 is 5.73 Å². The first-order valence-corrected chi connectivity index (χ1v) is 3.56. The first-order valence-electron chi connectivity index (χ1n) is 3.56. The zero-order valence-corrected chi connectivity index (χ0v) is 6.46. The van der Waals surface area contributed by atoms with Gasteiger partial charge >= 0.3 is 0 Å². The summed E-state index contributed by atoms with van der Waals surface area (Å²) in [4.78, 5) is 0. The number of benzene rings is 1. The Labute approximate surface area is 61.9 Å². The molecule has 0 radical (unpaired) electrons. The normalized spacial score (nSPS) is 10.4. The molecule has 2 aliphatic rings. The summed E-state index contributed by atoms with van der Waals surface area (Å²) >= 11 is 0. The van der Waals surface area contributed by atoms with Gasteiger partial charge in [0, 0.05) is 0 Å². The van der Waals surface area contributed by atoms with Crippen LogP contribution in [0.4, 0.5) is 0 Å². The summed E-state index contributed by atoms with van der Waals surface area (Å²) in [5.74, 6) is 0. The van der Waals surface area contributed by atoms with E-state index in [2.05, 4.69) is 24.3 Å². The molecule has 0 aromatic rings. The zero-order chi connectivity index (χ0) is 7.56. The van der Waals surface area contributed by atoms with Crippen LogP contribution in [0.3, 0.4) is 0 Å². The Kier molecular flexibility index (Phi) is 2.07. The average Bonchev–Trinajstić information content (AvgIpc) is 2.40. The van der Waals surface area contributed by atoms with E-state index in [1.807, 2.05) is 13.8 Å². The molecular weight excluding hydrogens is 122 g/mol. The van der Waals surface area contributed by atoms with Crippen LogP contribution in [0.1, 0.15) is 13.8 Å². The van der Waals surface area contributed by atoms with Crippen LogP contribution in [-0.2, 0) is 0 Å². The third kappa shape index (κ3) is 2.19. The Morgan fingerprint density at radius 1 is 1.20 bits per heavy atom. The van der Waals surface area contributed by atoms with Crippen LogP contribution in [0.5, 0.6) is 0 Å². The molecule has 0 saturated carbocycles. The third-order valence-corrected chi connectivity index (χ3v) is 1.11. The Morgan fingerprint density at radius 3 is 1.70 bits per heavy atom. The Hall–Kier alpha value is -0.820. The summed E-state index contributed by atoms with van der Waals surface area (Å²) in [5, 5.41) is 0. The second kappa shape index (κ2) is 2.84. The van der Waals surface area contributed by atoms with E-state index < -0.39 is 0 Å². The monoisotopic (exact) mass is 135 g/mol. The smallest absolute Gasteiger partial charge is 0.00179 e. The van der Waals surface area contributed by atoms with Crippen molar-refractivity contribution >= 4 is 0 Å². The number of rotatable bonds is 0. The molecule has 0 saturated heterocycles. The van der Waals surface area contributed by atoms with Crippen molar-refractivity contribution in [2.75, 3.05) is 0 Å². The number of hydrogen-bond donors (Lipinski definition) is 1. The lowest BCUT2D eigenvalue weighted by atomic mass is 10.5. The minimum Gasteiger partial charge on any atom is -0.328 e. The minimum absolute atomic E-state index is 0.333. The molecule has 0 amide bonds. The van der Waals surface area contributed by atoms with Gasteiger partial charge in [0.05, 0.1) is 0 Å². The maximum absolute atomic E-state index is 5.11. The van der Waals surface area contributed by atoms with Gasteiger partial charge in [-0.15, -0.1) is 0 Å². The van der Waals surface area contributed by atoms with Gasteiger partial charge in [-0.05, 0) is 23.2 Å². The topological polar surface area (TPSA) is 26.0 Å². The highest BCUT2D eigenvalue weighted by molar-refractivity contribution is 5.80. The molecule has 0 aliphatic heterocycles. The van der Waals surface area contributed by atoms with Crippen molar-refractivity contribution in [2.45, 2.75) is 19.9 Å². The molecule has 0 aromatic carbocycles. The Balaban J connectivity index is 0.000000112. The van der Waals surface area contributed by atoms with Gasteiger partial charge in [-0.25, -0.2) is 0 Å². The van der Waals surface area contributed by atoms with Crippen molar-refractivity contribution in [3.8, 4) is 11.1 Å². The van der Waals surface area contributed by atoms with Gasteiger partial charge in [0.1, 0.15) is 0 Å². The molecule has 1 heteroatoms. The minimum atomic E-state index is 0.333. The van der Waals surface area contributed by atoms with E-state index in [9.17, 15) is 0 Å². The Bertz CT molecular complexity index is 196. The molecule has 1 nitrogen and oxygen atoms in total. The molecule has 0 bridgehead atoms. The molecule has 2 rings (SSSR count). The summed E-state index contributed by atoms with van der Waals surface area (Å²) in [6.45, 7) is 3.89.